The third kappa shape index (κ3) is 1.54. The molecule has 0 unspecified atom stereocenters. The number of hydrogen-bond acceptors (Lipinski definition) is 2. The van der Waals surface area contributed by atoms with Gasteiger partial charge < -0.3 is 15.7 Å². The lowest BCUT2D eigenvalue weighted by Gasteiger charge is -2.42. The molecule has 5 heteroatoms. The maximum absolute atomic E-state index is 13.8. The zero-order valence-electron chi connectivity index (χ0n) is 9.92. The number of urea groups is 1. The van der Waals surface area contributed by atoms with Gasteiger partial charge in [0.2, 0.25) is 0 Å². The summed E-state index contributed by atoms with van der Waals surface area (Å²) in [7, 11) is 0. The van der Waals surface area contributed by atoms with Crippen LogP contribution < -0.4 is 10.6 Å². The molecule has 1 aromatic rings. The number of carbonyl (C=O) groups excluding carboxylic acids is 1. The lowest BCUT2D eigenvalue weighted by Crippen LogP contribution is -2.52. The van der Waals surface area contributed by atoms with Gasteiger partial charge in [-0.15, -0.1) is 0 Å². The second-order valence-corrected chi connectivity index (χ2v) is 5.04. The topological polar surface area (TPSA) is 61.4 Å². The highest BCUT2D eigenvalue weighted by molar-refractivity contribution is 5.94. The number of aromatic hydroxyl groups is 1. The van der Waals surface area contributed by atoms with Gasteiger partial charge >= 0.3 is 6.03 Å². The molecular weight excluding hydrogens is 235 g/mol. The van der Waals surface area contributed by atoms with Crippen molar-refractivity contribution >= 4 is 11.7 Å². The van der Waals surface area contributed by atoms with Crippen molar-refractivity contribution in [1.29, 1.82) is 0 Å². The average Bonchev–Trinajstić information content (AvgIpc) is 2.34. The summed E-state index contributed by atoms with van der Waals surface area (Å²) in [5, 5.41) is 15.4. The number of nitrogens with one attached hydrogen (secondary N) is 2. The highest BCUT2D eigenvalue weighted by Crippen LogP contribution is 2.47. The molecule has 1 spiro atoms. The number of anilines is 1. The van der Waals surface area contributed by atoms with Gasteiger partial charge in [-0.3, -0.25) is 0 Å². The molecule has 1 fully saturated rings. The number of amides is 2. The van der Waals surface area contributed by atoms with E-state index in [1.165, 1.54) is 12.1 Å². The first-order valence-electron chi connectivity index (χ1n) is 6.23. The van der Waals surface area contributed by atoms with E-state index in [4.69, 9.17) is 0 Å². The predicted molar refractivity (Wildman–Crippen MR) is 65.0 cm³/mol. The molecule has 1 aliphatic heterocycles. The first kappa shape index (κ1) is 11.3. The van der Waals surface area contributed by atoms with E-state index < -0.39 is 17.4 Å². The van der Waals surface area contributed by atoms with Gasteiger partial charge in [-0.05, 0) is 25.0 Å². The zero-order valence-corrected chi connectivity index (χ0v) is 9.92. The van der Waals surface area contributed by atoms with Crippen LogP contribution in [0, 0.1) is 5.82 Å². The van der Waals surface area contributed by atoms with Crippen LogP contribution >= 0.6 is 0 Å². The normalized spacial score (nSPS) is 21.1. The Labute approximate surface area is 104 Å². The van der Waals surface area contributed by atoms with Gasteiger partial charge in [0.15, 0.2) is 0 Å². The van der Waals surface area contributed by atoms with E-state index >= 15 is 0 Å². The summed E-state index contributed by atoms with van der Waals surface area (Å²) < 4.78 is 13.8. The summed E-state index contributed by atoms with van der Waals surface area (Å²) in [6, 6.07) is 2.13. The fraction of sp³-hybridized carbons (Fsp3) is 0.462. The molecule has 1 aliphatic carbocycles. The molecule has 18 heavy (non-hydrogen) atoms. The summed E-state index contributed by atoms with van der Waals surface area (Å²) in [6.07, 6.45) is 4.52. The van der Waals surface area contributed by atoms with Crippen LogP contribution in [-0.4, -0.2) is 11.1 Å². The lowest BCUT2D eigenvalue weighted by atomic mass is 9.74. The van der Waals surface area contributed by atoms with E-state index in [0.29, 0.717) is 5.56 Å². The quantitative estimate of drug-likeness (QED) is 0.663. The van der Waals surface area contributed by atoms with E-state index in [1.54, 1.807) is 0 Å². The van der Waals surface area contributed by atoms with Gasteiger partial charge in [-0.1, -0.05) is 19.3 Å². The number of phenolic OH excluding ortho intramolecular Hbond substituents is 1. The van der Waals surface area contributed by atoms with Crippen LogP contribution in [0.2, 0.25) is 0 Å². The number of fused-ring (bicyclic) bond motifs is 2. The maximum Gasteiger partial charge on any atom is 0.320 e. The summed E-state index contributed by atoms with van der Waals surface area (Å²) >= 11 is 0. The summed E-state index contributed by atoms with van der Waals surface area (Å²) in [5.41, 5.74) is 0.0182. The van der Waals surface area contributed by atoms with Gasteiger partial charge in [-0.2, -0.15) is 0 Å². The Kier molecular flexibility index (Phi) is 2.43. The molecule has 3 rings (SSSR count). The number of benzene rings is 1. The first-order valence-corrected chi connectivity index (χ1v) is 6.23. The zero-order chi connectivity index (χ0) is 12.8. The van der Waals surface area contributed by atoms with E-state index in [0.717, 1.165) is 32.1 Å². The molecule has 2 amide bonds. The third-order valence-electron chi connectivity index (χ3n) is 3.91. The van der Waals surface area contributed by atoms with Crippen LogP contribution in [0.3, 0.4) is 0 Å². The molecular formula is C13H15FN2O2. The van der Waals surface area contributed by atoms with Crippen molar-refractivity contribution in [2.24, 2.45) is 0 Å². The van der Waals surface area contributed by atoms with Crippen molar-refractivity contribution < 1.29 is 14.3 Å². The van der Waals surface area contributed by atoms with Crippen molar-refractivity contribution in [3.05, 3.63) is 23.5 Å². The number of rotatable bonds is 0. The molecule has 96 valence electrons. The Hall–Kier alpha value is -1.78. The fourth-order valence-electron chi connectivity index (χ4n) is 3.13. The average molecular weight is 250 g/mol. The second kappa shape index (κ2) is 3.86. The Morgan fingerprint density at radius 1 is 1.22 bits per heavy atom. The van der Waals surface area contributed by atoms with Crippen molar-refractivity contribution in [2.75, 3.05) is 5.32 Å². The Balaban J connectivity index is 2.20. The molecule has 4 nitrogen and oxygen atoms in total. The highest BCUT2D eigenvalue weighted by Gasteiger charge is 2.43. The Morgan fingerprint density at radius 2 is 1.94 bits per heavy atom. The van der Waals surface area contributed by atoms with Gasteiger partial charge in [-0.25, -0.2) is 9.18 Å². The van der Waals surface area contributed by atoms with Crippen LogP contribution in [0.15, 0.2) is 12.1 Å². The number of phenols is 1. The molecule has 0 atom stereocenters. The smallest absolute Gasteiger partial charge is 0.320 e. The standard InChI is InChI=1S/C13H15FN2O2/c14-8-4-5-9(17)10-11(8)15-12(18)16-13(10)6-2-1-3-7-13/h4-5,17H,1-3,6-7H2,(H2,15,16,18). The first-order chi connectivity index (χ1) is 8.62. The molecule has 0 radical (unpaired) electrons. The van der Waals surface area contributed by atoms with E-state index in [2.05, 4.69) is 10.6 Å². The third-order valence-corrected chi connectivity index (χ3v) is 3.91. The number of hydrogen-bond donors (Lipinski definition) is 3. The van der Waals surface area contributed by atoms with Crippen molar-refractivity contribution in [1.82, 2.24) is 5.32 Å². The molecule has 1 aromatic carbocycles. The van der Waals surface area contributed by atoms with Crippen LogP contribution in [0.25, 0.3) is 0 Å². The SMILES string of the molecule is O=C1Nc2c(F)ccc(O)c2C2(CCCCC2)N1. The van der Waals surface area contributed by atoms with Crippen LogP contribution in [0.5, 0.6) is 5.75 Å². The van der Waals surface area contributed by atoms with Crippen LogP contribution in [-0.2, 0) is 5.54 Å². The molecule has 0 saturated heterocycles. The molecule has 1 saturated carbocycles. The highest BCUT2D eigenvalue weighted by atomic mass is 19.1. The van der Waals surface area contributed by atoms with Crippen LogP contribution in [0.1, 0.15) is 37.7 Å². The van der Waals surface area contributed by atoms with Gasteiger partial charge in [0.25, 0.3) is 0 Å². The molecule has 0 aromatic heterocycles. The fourth-order valence-corrected chi connectivity index (χ4v) is 3.13. The minimum atomic E-state index is -0.609. The lowest BCUT2D eigenvalue weighted by molar-refractivity contribution is 0.205. The van der Waals surface area contributed by atoms with Crippen molar-refractivity contribution in [2.45, 2.75) is 37.6 Å². The van der Waals surface area contributed by atoms with E-state index in [-0.39, 0.29) is 11.4 Å². The Bertz CT molecular complexity index is 510. The summed E-state index contributed by atoms with van der Waals surface area (Å²) in [5.74, 6) is -0.455. The van der Waals surface area contributed by atoms with Gasteiger partial charge in [0.1, 0.15) is 11.6 Å². The van der Waals surface area contributed by atoms with Crippen molar-refractivity contribution in [3.63, 3.8) is 0 Å². The molecule has 0 bridgehead atoms. The number of carbonyl (C=O) groups is 1. The number of halogens is 1. The van der Waals surface area contributed by atoms with Gasteiger partial charge in [0.05, 0.1) is 11.2 Å². The van der Waals surface area contributed by atoms with Crippen LogP contribution in [0.4, 0.5) is 14.9 Å². The Morgan fingerprint density at radius 3 is 2.67 bits per heavy atom. The molecule has 3 N–H and O–H groups in total. The molecule has 1 heterocycles. The minimum Gasteiger partial charge on any atom is -0.507 e. The predicted octanol–water partition coefficient (Wildman–Crippen LogP) is 2.83. The molecule has 2 aliphatic rings. The largest absolute Gasteiger partial charge is 0.507 e. The second-order valence-electron chi connectivity index (χ2n) is 5.04. The summed E-state index contributed by atoms with van der Waals surface area (Å²) in [4.78, 5) is 11.7. The minimum absolute atomic E-state index is 0.0424. The van der Waals surface area contributed by atoms with E-state index in [1.807, 2.05) is 0 Å². The monoisotopic (exact) mass is 250 g/mol. The summed E-state index contributed by atoms with van der Waals surface area (Å²) in [6.45, 7) is 0. The van der Waals surface area contributed by atoms with E-state index in [9.17, 15) is 14.3 Å². The maximum atomic E-state index is 13.8. The van der Waals surface area contributed by atoms with Gasteiger partial charge in [0, 0.05) is 5.56 Å². The van der Waals surface area contributed by atoms with Crippen molar-refractivity contribution in [3.8, 4) is 5.75 Å².